The second-order valence-electron chi connectivity index (χ2n) is 4.41. The molecule has 2 aromatic carbocycles. The van der Waals surface area contributed by atoms with Crippen molar-refractivity contribution in [3.63, 3.8) is 0 Å². The zero-order valence-corrected chi connectivity index (χ0v) is 11.8. The fourth-order valence-corrected chi connectivity index (χ4v) is 2.75. The van der Waals surface area contributed by atoms with Gasteiger partial charge in [-0.05, 0) is 37.6 Å². The van der Waals surface area contributed by atoms with Gasteiger partial charge in [-0.2, -0.15) is 0 Å². The van der Waals surface area contributed by atoms with Gasteiger partial charge in [0.25, 0.3) is 0 Å². The van der Waals surface area contributed by atoms with Crippen molar-refractivity contribution in [3.8, 4) is 0 Å². The molecule has 0 saturated heterocycles. The van der Waals surface area contributed by atoms with Gasteiger partial charge in [0.15, 0.2) is 0 Å². The van der Waals surface area contributed by atoms with E-state index in [9.17, 15) is 0 Å². The van der Waals surface area contributed by atoms with Crippen LogP contribution in [-0.2, 0) is 0 Å². The lowest BCUT2D eigenvalue weighted by molar-refractivity contribution is 1.21. The molecular weight excluding hydrogens is 238 g/mol. The first-order valence-electron chi connectivity index (χ1n) is 6.25. The van der Waals surface area contributed by atoms with Crippen LogP contribution >= 0.6 is 11.8 Å². The molecule has 0 aliphatic heterocycles. The molecule has 1 nitrogen and oxygen atoms in total. The summed E-state index contributed by atoms with van der Waals surface area (Å²) in [7, 11) is 0. The second-order valence-corrected chi connectivity index (χ2v) is 5.55. The molecule has 0 atom stereocenters. The predicted molar refractivity (Wildman–Crippen MR) is 81.6 cm³/mol. The summed E-state index contributed by atoms with van der Waals surface area (Å²) >= 11 is 1.91. The molecule has 0 saturated carbocycles. The monoisotopic (exact) mass is 257 g/mol. The topological polar surface area (TPSA) is 12.0 Å². The summed E-state index contributed by atoms with van der Waals surface area (Å²) in [5.74, 6) is 1.08. The Bertz CT molecular complexity index is 494. The van der Waals surface area contributed by atoms with E-state index in [-0.39, 0.29) is 0 Å². The Morgan fingerprint density at radius 3 is 2.50 bits per heavy atom. The van der Waals surface area contributed by atoms with Crippen LogP contribution in [0.1, 0.15) is 11.1 Å². The van der Waals surface area contributed by atoms with Crippen molar-refractivity contribution in [3.05, 3.63) is 59.7 Å². The van der Waals surface area contributed by atoms with E-state index >= 15 is 0 Å². The number of hydrogen-bond donors (Lipinski definition) is 1. The third kappa shape index (κ3) is 3.81. The summed E-state index contributed by atoms with van der Waals surface area (Å²) in [6, 6.07) is 17.0. The van der Waals surface area contributed by atoms with Gasteiger partial charge in [-0.1, -0.05) is 35.9 Å². The average molecular weight is 257 g/mol. The number of rotatable bonds is 5. The molecule has 94 valence electrons. The lowest BCUT2D eigenvalue weighted by Gasteiger charge is -2.08. The first kappa shape index (κ1) is 13.0. The molecule has 2 aromatic rings. The number of aryl methyl sites for hydroxylation is 2. The third-order valence-corrected chi connectivity index (χ3v) is 3.97. The Labute approximate surface area is 114 Å². The number of hydrogen-bond acceptors (Lipinski definition) is 2. The summed E-state index contributed by atoms with van der Waals surface area (Å²) in [4.78, 5) is 1.38. The van der Waals surface area contributed by atoms with Gasteiger partial charge in [0.2, 0.25) is 0 Å². The second kappa shape index (κ2) is 6.50. The Kier molecular flexibility index (Phi) is 4.71. The summed E-state index contributed by atoms with van der Waals surface area (Å²) < 4.78 is 0. The summed E-state index contributed by atoms with van der Waals surface area (Å²) in [5.41, 5.74) is 3.90. The molecule has 0 aliphatic carbocycles. The fourth-order valence-electron chi connectivity index (χ4n) is 1.87. The first-order valence-corrected chi connectivity index (χ1v) is 7.23. The van der Waals surface area contributed by atoms with Crippen LogP contribution in [0.4, 0.5) is 5.69 Å². The smallest absolute Gasteiger partial charge is 0.0340 e. The van der Waals surface area contributed by atoms with Gasteiger partial charge < -0.3 is 5.32 Å². The van der Waals surface area contributed by atoms with Crippen molar-refractivity contribution in [2.24, 2.45) is 0 Å². The molecule has 0 unspecified atom stereocenters. The van der Waals surface area contributed by atoms with Gasteiger partial charge in [-0.3, -0.25) is 0 Å². The Hall–Kier alpha value is -1.41. The number of thioether (sulfide) groups is 1. The molecule has 18 heavy (non-hydrogen) atoms. The number of para-hydroxylation sites is 1. The normalized spacial score (nSPS) is 10.3. The molecule has 0 fully saturated rings. The summed E-state index contributed by atoms with van der Waals surface area (Å²) in [6.07, 6.45) is 0. The lowest BCUT2D eigenvalue weighted by Crippen LogP contribution is -2.03. The van der Waals surface area contributed by atoms with E-state index in [1.807, 2.05) is 17.8 Å². The minimum atomic E-state index is 0.988. The average Bonchev–Trinajstić information content (AvgIpc) is 2.38. The van der Waals surface area contributed by atoms with Gasteiger partial charge in [-0.25, -0.2) is 0 Å². The van der Waals surface area contributed by atoms with E-state index in [1.54, 1.807) is 0 Å². The highest BCUT2D eigenvalue weighted by Crippen LogP contribution is 2.22. The minimum Gasteiger partial charge on any atom is -0.384 e. The first-order chi connectivity index (χ1) is 8.75. The predicted octanol–water partition coefficient (Wildman–Crippen LogP) is 4.51. The van der Waals surface area contributed by atoms with Crippen LogP contribution in [0.15, 0.2) is 53.4 Å². The molecule has 1 N–H and O–H groups in total. The maximum atomic E-state index is 3.42. The van der Waals surface area contributed by atoms with Crippen LogP contribution in [0.5, 0.6) is 0 Å². The highest BCUT2D eigenvalue weighted by atomic mass is 32.2. The maximum Gasteiger partial charge on any atom is 0.0340 e. The SMILES string of the molecule is Cc1ccc(SCCNc2ccccc2)c(C)c1. The molecule has 0 aliphatic rings. The molecule has 2 heteroatoms. The van der Waals surface area contributed by atoms with Crippen molar-refractivity contribution in [2.45, 2.75) is 18.7 Å². The number of anilines is 1. The third-order valence-electron chi connectivity index (χ3n) is 2.79. The van der Waals surface area contributed by atoms with Crippen molar-refractivity contribution in [1.82, 2.24) is 0 Å². The Balaban J connectivity index is 1.79. The molecule has 0 amide bonds. The standard InChI is InChI=1S/C16H19NS/c1-13-8-9-16(14(2)12-13)18-11-10-17-15-6-4-3-5-7-15/h3-9,12,17H,10-11H2,1-2H3. The van der Waals surface area contributed by atoms with Crippen molar-refractivity contribution in [1.29, 1.82) is 0 Å². The molecule has 0 radical (unpaired) electrons. The highest BCUT2D eigenvalue weighted by Gasteiger charge is 1.99. The number of nitrogens with one attached hydrogen (secondary N) is 1. The van der Waals surface area contributed by atoms with Gasteiger partial charge in [0, 0.05) is 22.9 Å². The zero-order valence-electron chi connectivity index (χ0n) is 10.9. The quantitative estimate of drug-likeness (QED) is 0.625. The van der Waals surface area contributed by atoms with E-state index in [0.29, 0.717) is 0 Å². The van der Waals surface area contributed by atoms with Crippen LogP contribution < -0.4 is 5.32 Å². The van der Waals surface area contributed by atoms with Crippen LogP contribution in [0, 0.1) is 13.8 Å². The van der Waals surface area contributed by atoms with E-state index < -0.39 is 0 Å². The molecule has 0 spiro atoms. The van der Waals surface area contributed by atoms with E-state index in [1.165, 1.54) is 21.7 Å². The molecule has 0 bridgehead atoms. The molecule has 0 heterocycles. The largest absolute Gasteiger partial charge is 0.384 e. The van der Waals surface area contributed by atoms with Gasteiger partial charge >= 0.3 is 0 Å². The zero-order chi connectivity index (χ0) is 12.8. The van der Waals surface area contributed by atoms with Gasteiger partial charge in [0.1, 0.15) is 0 Å². The van der Waals surface area contributed by atoms with Crippen LogP contribution in [0.25, 0.3) is 0 Å². The number of benzene rings is 2. The maximum absolute atomic E-state index is 3.42. The highest BCUT2D eigenvalue weighted by molar-refractivity contribution is 7.99. The van der Waals surface area contributed by atoms with Gasteiger partial charge in [0.05, 0.1) is 0 Å². The van der Waals surface area contributed by atoms with Crippen LogP contribution in [0.2, 0.25) is 0 Å². The summed E-state index contributed by atoms with van der Waals surface area (Å²) in [6.45, 7) is 5.31. The van der Waals surface area contributed by atoms with Gasteiger partial charge in [-0.15, -0.1) is 11.8 Å². The molecular formula is C16H19NS. The van der Waals surface area contributed by atoms with Crippen LogP contribution in [0.3, 0.4) is 0 Å². The summed E-state index contributed by atoms with van der Waals surface area (Å²) in [5, 5.41) is 3.42. The molecule has 0 aromatic heterocycles. The van der Waals surface area contributed by atoms with Crippen molar-refractivity contribution in [2.75, 3.05) is 17.6 Å². The van der Waals surface area contributed by atoms with Crippen molar-refractivity contribution >= 4 is 17.4 Å². The van der Waals surface area contributed by atoms with E-state index in [0.717, 1.165) is 12.3 Å². The fraction of sp³-hybridized carbons (Fsp3) is 0.250. The lowest BCUT2D eigenvalue weighted by atomic mass is 10.2. The van der Waals surface area contributed by atoms with E-state index in [4.69, 9.17) is 0 Å². The van der Waals surface area contributed by atoms with Crippen LogP contribution in [-0.4, -0.2) is 12.3 Å². The Morgan fingerprint density at radius 2 is 1.78 bits per heavy atom. The minimum absolute atomic E-state index is 0.988. The van der Waals surface area contributed by atoms with Crippen molar-refractivity contribution < 1.29 is 0 Å². The van der Waals surface area contributed by atoms with E-state index in [2.05, 4.69) is 61.6 Å². The Morgan fingerprint density at radius 1 is 1.00 bits per heavy atom. The molecule has 2 rings (SSSR count).